The largest absolute Gasteiger partial charge is 0.372 e. The molecule has 2 aliphatic rings. The molecule has 0 bridgehead atoms. The van der Waals surface area contributed by atoms with Crippen LogP contribution in [-0.4, -0.2) is 69.8 Å². The fourth-order valence-corrected chi connectivity index (χ4v) is 5.40. The van der Waals surface area contributed by atoms with E-state index < -0.39 is 0 Å². The standard InChI is InChI=1S/C29H34N4O3/c1-20-9-7-8-12-25(20)27-26(19-33(30-27)24-10-5-4-6-11-24)29(35)31-15-13-23(14-16-31)28(34)32-17-21(2)36-22(3)18-32/h4-12,19,21-23H,13-18H2,1-3H3. The summed E-state index contributed by atoms with van der Waals surface area (Å²) in [6.45, 7) is 8.47. The lowest BCUT2D eigenvalue weighted by Crippen LogP contribution is -2.51. The predicted octanol–water partition coefficient (Wildman–Crippen LogP) is 4.34. The monoisotopic (exact) mass is 486 g/mol. The molecule has 5 rings (SSSR count). The lowest BCUT2D eigenvalue weighted by atomic mass is 9.94. The number of benzene rings is 2. The fourth-order valence-electron chi connectivity index (χ4n) is 5.40. The van der Waals surface area contributed by atoms with E-state index in [1.807, 2.05) is 91.4 Å². The van der Waals surface area contributed by atoms with Crippen LogP contribution in [0.1, 0.15) is 42.6 Å². The third-order valence-corrected chi connectivity index (χ3v) is 7.23. The van der Waals surface area contributed by atoms with E-state index in [1.54, 1.807) is 4.68 Å². The Labute approximate surface area is 212 Å². The second-order valence-electron chi connectivity index (χ2n) is 10.1. The molecule has 3 heterocycles. The van der Waals surface area contributed by atoms with E-state index in [0.29, 0.717) is 50.3 Å². The molecule has 2 saturated heterocycles. The number of hydrogen-bond acceptors (Lipinski definition) is 4. The second-order valence-corrected chi connectivity index (χ2v) is 10.1. The molecule has 1 aromatic heterocycles. The molecule has 0 spiro atoms. The van der Waals surface area contributed by atoms with Crippen molar-refractivity contribution in [3.05, 3.63) is 71.9 Å². The highest BCUT2D eigenvalue weighted by Crippen LogP contribution is 2.29. The van der Waals surface area contributed by atoms with Crippen molar-refractivity contribution in [1.82, 2.24) is 19.6 Å². The van der Waals surface area contributed by atoms with Crippen LogP contribution >= 0.6 is 0 Å². The van der Waals surface area contributed by atoms with Gasteiger partial charge in [-0.3, -0.25) is 9.59 Å². The van der Waals surface area contributed by atoms with Crippen LogP contribution < -0.4 is 0 Å². The third kappa shape index (κ3) is 4.93. The van der Waals surface area contributed by atoms with Gasteiger partial charge in [0.05, 0.1) is 23.5 Å². The quantitative estimate of drug-likeness (QED) is 0.550. The maximum atomic E-state index is 13.8. The predicted molar refractivity (Wildman–Crippen MR) is 139 cm³/mol. The van der Waals surface area contributed by atoms with Gasteiger partial charge in [0.2, 0.25) is 5.91 Å². The molecule has 2 aromatic carbocycles. The zero-order chi connectivity index (χ0) is 25.2. The SMILES string of the molecule is Cc1ccccc1-c1nn(-c2ccccc2)cc1C(=O)N1CCC(C(=O)N2CC(C)OC(C)C2)CC1. The highest BCUT2D eigenvalue weighted by Gasteiger charge is 2.34. The zero-order valence-electron chi connectivity index (χ0n) is 21.3. The summed E-state index contributed by atoms with van der Waals surface area (Å²) >= 11 is 0. The average Bonchev–Trinajstić information content (AvgIpc) is 3.33. The van der Waals surface area contributed by atoms with Gasteiger partial charge in [-0.25, -0.2) is 4.68 Å². The molecular formula is C29H34N4O3. The normalized spacial score (nSPS) is 21.0. The molecular weight excluding hydrogens is 452 g/mol. The van der Waals surface area contributed by atoms with Crippen molar-refractivity contribution in [3.63, 3.8) is 0 Å². The van der Waals surface area contributed by atoms with Crippen molar-refractivity contribution in [2.24, 2.45) is 5.92 Å². The maximum absolute atomic E-state index is 13.8. The van der Waals surface area contributed by atoms with Crippen LogP contribution in [0.2, 0.25) is 0 Å². The first kappa shape index (κ1) is 24.3. The molecule has 3 aromatic rings. The first-order valence-corrected chi connectivity index (χ1v) is 12.9. The highest BCUT2D eigenvalue weighted by molar-refractivity contribution is 6.00. The van der Waals surface area contributed by atoms with E-state index in [1.165, 1.54) is 0 Å². The van der Waals surface area contributed by atoms with Crippen molar-refractivity contribution < 1.29 is 14.3 Å². The number of nitrogens with zero attached hydrogens (tertiary/aromatic N) is 4. The summed E-state index contributed by atoms with van der Waals surface area (Å²) in [5.74, 6) is 0.117. The van der Waals surface area contributed by atoms with Crippen molar-refractivity contribution in [2.75, 3.05) is 26.2 Å². The molecule has 0 saturated carbocycles. The topological polar surface area (TPSA) is 67.7 Å². The van der Waals surface area contributed by atoms with E-state index in [2.05, 4.69) is 0 Å². The number of aryl methyl sites for hydroxylation is 1. The molecule has 2 atom stereocenters. The van der Waals surface area contributed by atoms with Crippen LogP contribution in [0.4, 0.5) is 0 Å². The molecule has 188 valence electrons. The van der Waals surface area contributed by atoms with Gasteiger partial charge in [0.25, 0.3) is 5.91 Å². The number of rotatable bonds is 4. The molecule has 2 aliphatic heterocycles. The van der Waals surface area contributed by atoms with Crippen molar-refractivity contribution in [2.45, 2.75) is 45.8 Å². The Morgan fingerprint density at radius 1 is 0.889 bits per heavy atom. The molecule has 7 heteroatoms. The average molecular weight is 487 g/mol. The third-order valence-electron chi connectivity index (χ3n) is 7.23. The maximum Gasteiger partial charge on any atom is 0.257 e. The van der Waals surface area contributed by atoms with Gasteiger partial charge in [0.1, 0.15) is 5.69 Å². The van der Waals surface area contributed by atoms with Gasteiger partial charge in [-0.15, -0.1) is 0 Å². The zero-order valence-corrected chi connectivity index (χ0v) is 21.3. The number of ether oxygens (including phenoxy) is 1. The number of hydrogen-bond donors (Lipinski definition) is 0. The molecule has 0 N–H and O–H groups in total. The number of amides is 2. The van der Waals surface area contributed by atoms with E-state index in [-0.39, 0.29) is 29.9 Å². The summed E-state index contributed by atoms with van der Waals surface area (Å²) in [5, 5.41) is 4.84. The van der Waals surface area contributed by atoms with Crippen molar-refractivity contribution in [1.29, 1.82) is 0 Å². The summed E-state index contributed by atoms with van der Waals surface area (Å²) in [4.78, 5) is 30.8. The molecule has 7 nitrogen and oxygen atoms in total. The fraction of sp³-hybridized carbons (Fsp3) is 0.414. The summed E-state index contributed by atoms with van der Waals surface area (Å²) in [6.07, 6.45) is 3.31. The van der Waals surface area contributed by atoms with Gasteiger partial charge in [-0.2, -0.15) is 5.10 Å². The Hall–Kier alpha value is -3.45. The molecule has 2 unspecified atom stereocenters. The van der Waals surface area contributed by atoms with Gasteiger partial charge in [-0.05, 0) is 51.3 Å². The molecule has 2 fully saturated rings. The van der Waals surface area contributed by atoms with Gasteiger partial charge < -0.3 is 14.5 Å². The van der Waals surface area contributed by atoms with Crippen LogP contribution in [0.15, 0.2) is 60.8 Å². The Bertz CT molecular complexity index is 1220. The first-order chi connectivity index (χ1) is 17.4. The molecule has 0 radical (unpaired) electrons. The molecule has 0 aliphatic carbocycles. The Morgan fingerprint density at radius 2 is 1.53 bits per heavy atom. The number of carbonyl (C=O) groups excluding carboxylic acids is 2. The summed E-state index contributed by atoms with van der Waals surface area (Å²) in [5.41, 5.74) is 4.22. The molecule has 36 heavy (non-hydrogen) atoms. The molecule has 2 amide bonds. The smallest absolute Gasteiger partial charge is 0.257 e. The van der Waals surface area contributed by atoms with Crippen LogP contribution in [0.3, 0.4) is 0 Å². The Morgan fingerprint density at radius 3 is 2.19 bits per heavy atom. The number of carbonyl (C=O) groups is 2. The Kier molecular flexibility index (Phi) is 6.92. The van der Waals surface area contributed by atoms with Crippen LogP contribution in [-0.2, 0) is 9.53 Å². The van der Waals surface area contributed by atoms with Crippen LogP contribution in [0.5, 0.6) is 0 Å². The van der Waals surface area contributed by atoms with Crippen molar-refractivity contribution in [3.8, 4) is 16.9 Å². The van der Waals surface area contributed by atoms with E-state index >= 15 is 0 Å². The first-order valence-electron chi connectivity index (χ1n) is 12.9. The van der Waals surface area contributed by atoms with E-state index in [0.717, 1.165) is 16.8 Å². The number of morpholine rings is 1. The number of likely N-dealkylation sites (tertiary alicyclic amines) is 1. The summed E-state index contributed by atoms with van der Waals surface area (Å²) in [6, 6.07) is 17.9. The van der Waals surface area contributed by atoms with Crippen molar-refractivity contribution >= 4 is 11.8 Å². The minimum atomic E-state index is -0.0468. The second kappa shape index (κ2) is 10.3. The number of aromatic nitrogens is 2. The van der Waals surface area contributed by atoms with Gasteiger partial charge in [0.15, 0.2) is 0 Å². The van der Waals surface area contributed by atoms with Gasteiger partial charge in [0, 0.05) is 43.9 Å². The van der Waals surface area contributed by atoms with Crippen LogP contribution in [0, 0.1) is 12.8 Å². The lowest BCUT2D eigenvalue weighted by Gasteiger charge is -2.39. The number of para-hydroxylation sites is 1. The Balaban J connectivity index is 1.35. The summed E-state index contributed by atoms with van der Waals surface area (Å²) in [7, 11) is 0. The van der Waals surface area contributed by atoms with Gasteiger partial charge in [-0.1, -0.05) is 42.5 Å². The van der Waals surface area contributed by atoms with E-state index in [4.69, 9.17) is 9.84 Å². The van der Waals surface area contributed by atoms with Crippen LogP contribution in [0.25, 0.3) is 16.9 Å². The minimum absolute atomic E-state index is 0.0325. The lowest BCUT2D eigenvalue weighted by molar-refractivity contribution is -0.148. The van der Waals surface area contributed by atoms with Gasteiger partial charge >= 0.3 is 0 Å². The summed E-state index contributed by atoms with van der Waals surface area (Å²) < 4.78 is 7.57. The van der Waals surface area contributed by atoms with E-state index in [9.17, 15) is 9.59 Å². The highest BCUT2D eigenvalue weighted by atomic mass is 16.5. The minimum Gasteiger partial charge on any atom is -0.372 e. The number of piperidine rings is 1.